The van der Waals surface area contributed by atoms with E-state index in [1.54, 1.807) is 7.11 Å². The number of ether oxygens (including phenoxy) is 1. The Morgan fingerprint density at radius 3 is 2.64 bits per heavy atom. The number of methoxy groups -OCH3 is 1. The molecular weight excluding hydrogens is 312 g/mol. The summed E-state index contributed by atoms with van der Waals surface area (Å²) in [4.78, 5) is 19.8. The third-order valence-electron chi connectivity index (χ3n) is 5.86. The Bertz CT molecular complexity index is 791. The fourth-order valence-electron chi connectivity index (χ4n) is 3.83. The summed E-state index contributed by atoms with van der Waals surface area (Å²) in [5.74, 6) is 3.27. The van der Waals surface area contributed by atoms with Gasteiger partial charge in [-0.1, -0.05) is 12.0 Å². The summed E-state index contributed by atoms with van der Waals surface area (Å²) in [6.07, 6.45) is 10.3. The van der Waals surface area contributed by atoms with Crippen LogP contribution in [0.4, 0.5) is 0 Å². The van der Waals surface area contributed by atoms with E-state index in [-0.39, 0.29) is 11.4 Å². The van der Waals surface area contributed by atoms with E-state index in [1.165, 1.54) is 12.8 Å². The van der Waals surface area contributed by atoms with Crippen LogP contribution in [0.2, 0.25) is 0 Å². The zero-order valence-corrected chi connectivity index (χ0v) is 15.0. The average molecular weight is 336 g/mol. The highest BCUT2D eigenvalue weighted by atomic mass is 16.5. The summed E-state index contributed by atoms with van der Waals surface area (Å²) in [5.41, 5.74) is 4.34. The number of carbonyl (C=O) groups is 1. The Morgan fingerprint density at radius 1 is 1.32 bits per heavy atom. The minimum absolute atomic E-state index is 0.0334. The number of nitrogens with zero attached hydrogens (tertiary/aromatic N) is 2. The molecule has 1 saturated carbocycles. The Kier molecular flexibility index (Phi) is 3.92. The molecule has 0 amide bonds. The standard InChI is InChI=1S/C21H24N2O2/c1-4-16-18(24)13-15-7-8-17(14-5-6-14)22-19(15)20(16)23-11-9-21(2,25-3)10-12-23/h1,7-8,14H,5-6,9-13H2,2-3H3. The number of carbonyl (C=O) groups excluding carboxylic acids is 1. The molecule has 1 aliphatic heterocycles. The van der Waals surface area contributed by atoms with Crippen molar-refractivity contribution >= 4 is 11.5 Å². The van der Waals surface area contributed by atoms with Gasteiger partial charge in [0.15, 0.2) is 5.78 Å². The minimum Gasteiger partial charge on any atom is -0.378 e. The second-order valence-electron chi connectivity index (χ2n) is 7.63. The molecule has 130 valence electrons. The lowest BCUT2D eigenvalue weighted by Crippen LogP contribution is -2.44. The van der Waals surface area contributed by atoms with Crippen LogP contribution >= 0.6 is 0 Å². The monoisotopic (exact) mass is 336 g/mol. The van der Waals surface area contributed by atoms with Gasteiger partial charge < -0.3 is 9.64 Å². The van der Waals surface area contributed by atoms with Crippen LogP contribution in [0.5, 0.6) is 0 Å². The maximum Gasteiger partial charge on any atom is 0.177 e. The van der Waals surface area contributed by atoms with Crippen LogP contribution in [-0.2, 0) is 16.0 Å². The smallest absolute Gasteiger partial charge is 0.177 e. The summed E-state index contributed by atoms with van der Waals surface area (Å²) in [5, 5.41) is 0. The molecule has 2 heterocycles. The van der Waals surface area contributed by atoms with Crippen molar-refractivity contribution in [2.75, 3.05) is 20.2 Å². The highest BCUT2D eigenvalue weighted by molar-refractivity contribution is 6.09. The summed E-state index contributed by atoms with van der Waals surface area (Å²) in [6, 6.07) is 4.16. The van der Waals surface area contributed by atoms with E-state index < -0.39 is 0 Å². The molecule has 0 radical (unpaired) electrons. The molecule has 0 bridgehead atoms. The van der Waals surface area contributed by atoms with E-state index in [0.29, 0.717) is 17.9 Å². The van der Waals surface area contributed by atoms with E-state index in [4.69, 9.17) is 16.1 Å². The number of Topliss-reactive ketones (excluding diaryl/α,β-unsaturated/α-hetero) is 1. The number of ketones is 1. The highest BCUT2D eigenvalue weighted by Crippen LogP contribution is 2.41. The van der Waals surface area contributed by atoms with Crippen LogP contribution in [0.25, 0.3) is 5.70 Å². The zero-order valence-electron chi connectivity index (χ0n) is 15.0. The third-order valence-corrected chi connectivity index (χ3v) is 5.86. The van der Waals surface area contributed by atoms with Crippen LogP contribution < -0.4 is 0 Å². The van der Waals surface area contributed by atoms with Gasteiger partial charge in [0.1, 0.15) is 0 Å². The predicted octanol–water partition coefficient (Wildman–Crippen LogP) is 2.93. The SMILES string of the molecule is C#CC1=C(N2CCC(C)(OC)CC2)c2nc(C3CC3)ccc2CC1=O. The van der Waals surface area contributed by atoms with Gasteiger partial charge in [-0.15, -0.1) is 6.42 Å². The molecule has 0 spiro atoms. The minimum atomic E-state index is -0.0990. The third kappa shape index (κ3) is 2.87. The van der Waals surface area contributed by atoms with E-state index in [1.807, 2.05) is 0 Å². The van der Waals surface area contributed by atoms with Crippen molar-refractivity contribution in [2.24, 2.45) is 0 Å². The zero-order chi connectivity index (χ0) is 17.6. The highest BCUT2D eigenvalue weighted by Gasteiger charge is 2.36. The van der Waals surface area contributed by atoms with Crippen LogP contribution in [0.3, 0.4) is 0 Å². The molecule has 3 aliphatic rings. The first-order valence-electron chi connectivity index (χ1n) is 9.09. The number of rotatable bonds is 3. The van der Waals surface area contributed by atoms with E-state index in [0.717, 1.165) is 48.6 Å². The van der Waals surface area contributed by atoms with Crippen molar-refractivity contribution in [3.05, 3.63) is 34.7 Å². The quantitative estimate of drug-likeness (QED) is 0.796. The lowest BCUT2D eigenvalue weighted by atomic mass is 9.88. The molecule has 0 N–H and O–H groups in total. The molecule has 1 saturated heterocycles. The van der Waals surface area contributed by atoms with Gasteiger partial charge >= 0.3 is 0 Å². The second kappa shape index (κ2) is 6.00. The van der Waals surface area contributed by atoms with E-state index in [2.05, 4.69) is 29.9 Å². The number of piperidine rings is 1. The van der Waals surface area contributed by atoms with Gasteiger partial charge in [-0.3, -0.25) is 9.78 Å². The van der Waals surface area contributed by atoms with Gasteiger partial charge in [-0.05, 0) is 44.2 Å². The molecule has 25 heavy (non-hydrogen) atoms. The number of pyridine rings is 1. The predicted molar refractivity (Wildman–Crippen MR) is 96.9 cm³/mol. The van der Waals surface area contributed by atoms with Crippen LogP contribution in [0, 0.1) is 12.3 Å². The Balaban J connectivity index is 1.75. The van der Waals surface area contributed by atoms with E-state index >= 15 is 0 Å². The summed E-state index contributed by atoms with van der Waals surface area (Å²) in [6.45, 7) is 3.80. The normalized spacial score (nSPS) is 22.6. The molecule has 4 heteroatoms. The lowest BCUT2D eigenvalue weighted by molar-refractivity contribution is -0.114. The Morgan fingerprint density at radius 2 is 2.04 bits per heavy atom. The maximum atomic E-state index is 12.6. The van der Waals surface area contributed by atoms with Gasteiger partial charge in [0.25, 0.3) is 0 Å². The van der Waals surface area contributed by atoms with Gasteiger partial charge in [0.05, 0.1) is 22.6 Å². The molecule has 4 rings (SSSR count). The number of fused-ring (bicyclic) bond motifs is 1. The first kappa shape index (κ1) is 16.4. The van der Waals surface area contributed by atoms with Crippen molar-refractivity contribution in [2.45, 2.75) is 50.5 Å². The fraction of sp³-hybridized carbons (Fsp3) is 0.524. The molecule has 1 aromatic rings. The first-order valence-corrected chi connectivity index (χ1v) is 9.09. The number of hydrogen-bond acceptors (Lipinski definition) is 4. The average Bonchev–Trinajstić information content (AvgIpc) is 3.46. The summed E-state index contributed by atoms with van der Waals surface area (Å²) < 4.78 is 5.65. The molecular formula is C21H24N2O2. The molecule has 1 aromatic heterocycles. The number of terminal acetylenes is 1. The number of hydrogen-bond donors (Lipinski definition) is 0. The molecule has 0 unspecified atom stereocenters. The fourth-order valence-corrected chi connectivity index (χ4v) is 3.83. The Hall–Kier alpha value is -2.12. The topological polar surface area (TPSA) is 42.4 Å². The largest absolute Gasteiger partial charge is 0.378 e. The molecule has 2 aliphatic carbocycles. The van der Waals surface area contributed by atoms with Gasteiger partial charge in [0, 0.05) is 38.2 Å². The second-order valence-corrected chi connectivity index (χ2v) is 7.63. The molecule has 4 nitrogen and oxygen atoms in total. The maximum absolute atomic E-state index is 12.6. The Labute approximate surface area is 149 Å². The van der Waals surface area contributed by atoms with Crippen molar-refractivity contribution < 1.29 is 9.53 Å². The van der Waals surface area contributed by atoms with Gasteiger partial charge in [-0.25, -0.2) is 0 Å². The molecule has 2 fully saturated rings. The van der Waals surface area contributed by atoms with Crippen molar-refractivity contribution in [1.29, 1.82) is 0 Å². The molecule has 0 aromatic carbocycles. The number of likely N-dealkylation sites (tertiary alicyclic amines) is 1. The van der Waals surface area contributed by atoms with Crippen LogP contribution in [0.15, 0.2) is 17.7 Å². The van der Waals surface area contributed by atoms with Gasteiger partial charge in [-0.2, -0.15) is 0 Å². The van der Waals surface area contributed by atoms with Crippen LogP contribution in [-0.4, -0.2) is 41.5 Å². The van der Waals surface area contributed by atoms with Crippen molar-refractivity contribution in [3.8, 4) is 12.3 Å². The first-order chi connectivity index (χ1) is 12.0. The summed E-state index contributed by atoms with van der Waals surface area (Å²) >= 11 is 0. The molecule has 0 atom stereocenters. The van der Waals surface area contributed by atoms with Crippen LogP contribution in [0.1, 0.15) is 55.5 Å². The van der Waals surface area contributed by atoms with Crippen molar-refractivity contribution in [3.63, 3.8) is 0 Å². The van der Waals surface area contributed by atoms with Gasteiger partial charge in [0.2, 0.25) is 0 Å². The number of allylic oxidation sites excluding steroid dienone is 1. The van der Waals surface area contributed by atoms with E-state index in [9.17, 15) is 4.79 Å². The number of aromatic nitrogens is 1. The van der Waals surface area contributed by atoms with Crippen molar-refractivity contribution in [1.82, 2.24) is 9.88 Å². The lowest BCUT2D eigenvalue weighted by Gasteiger charge is -2.41. The summed E-state index contributed by atoms with van der Waals surface area (Å²) in [7, 11) is 1.77.